The lowest BCUT2D eigenvalue weighted by atomic mass is 10.2. The van der Waals surface area contributed by atoms with Gasteiger partial charge in [0.1, 0.15) is 12.2 Å². The van der Waals surface area contributed by atoms with E-state index in [0.29, 0.717) is 72.7 Å². The van der Waals surface area contributed by atoms with Gasteiger partial charge >= 0.3 is 0 Å². The number of ether oxygens (including phenoxy) is 9. The fourth-order valence-corrected chi connectivity index (χ4v) is 7.24. The Morgan fingerprint density at radius 3 is 1.81 bits per heavy atom. The largest absolute Gasteiger partial charge is 0.382 e. The van der Waals surface area contributed by atoms with Gasteiger partial charge in [0.05, 0.1) is 90.2 Å². The first-order chi connectivity index (χ1) is 25.5. The van der Waals surface area contributed by atoms with Crippen LogP contribution in [0.3, 0.4) is 0 Å². The quantitative estimate of drug-likeness (QED) is 0.112. The summed E-state index contributed by atoms with van der Waals surface area (Å²) in [5, 5.41) is 0.774. The molecule has 52 heavy (non-hydrogen) atoms. The van der Waals surface area contributed by atoms with Crippen molar-refractivity contribution in [2.45, 2.75) is 34.5 Å². The molecule has 1 fully saturated rings. The summed E-state index contributed by atoms with van der Waals surface area (Å²) < 4.78 is 50.3. The monoisotopic (exact) mass is 769 g/mol. The zero-order chi connectivity index (χ0) is 36.8. The van der Waals surface area contributed by atoms with E-state index in [4.69, 9.17) is 54.2 Å². The average Bonchev–Trinajstić information content (AvgIpc) is 3.17. The summed E-state index contributed by atoms with van der Waals surface area (Å²) in [4.78, 5) is 10.0. The van der Waals surface area contributed by atoms with Crippen molar-refractivity contribution in [1.29, 1.82) is 0 Å². The highest BCUT2D eigenvalue weighted by Gasteiger charge is 2.25. The van der Waals surface area contributed by atoms with Crippen molar-refractivity contribution in [3.8, 4) is 0 Å². The molecule has 2 aliphatic rings. The molecule has 2 aromatic rings. The van der Waals surface area contributed by atoms with Crippen LogP contribution in [0.5, 0.6) is 0 Å². The summed E-state index contributed by atoms with van der Waals surface area (Å²) in [5.41, 5.74) is 2.47. The van der Waals surface area contributed by atoms with E-state index in [9.17, 15) is 0 Å². The molecular formula is C38H60ClN3O9S. The molecule has 0 aromatic heterocycles. The Hall–Kier alpha value is -1.56. The molecule has 4 rings (SSSR count). The van der Waals surface area contributed by atoms with Crippen LogP contribution in [0, 0.1) is 0 Å². The number of nitrogens with zero attached hydrogens (tertiary/aromatic N) is 3. The maximum atomic E-state index is 6.41. The molecular weight excluding hydrogens is 710 g/mol. The van der Waals surface area contributed by atoms with Crippen LogP contribution in [0.2, 0.25) is 5.02 Å². The molecule has 14 heteroatoms. The van der Waals surface area contributed by atoms with Gasteiger partial charge in [-0.3, -0.25) is 4.90 Å². The molecule has 1 saturated heterocycles. The SMILES string of the molecule is COCCOCCOCCOCC(COCC(COCC(CN1CCN(CCCN2c3ccccc3Sc3ccc(Cl)cc32)CC1)OC)OC)OC. The lowest BCUT2D eigenvalue weighted by Crippen LogP contribution is -2.49. The highest BCUT2D eigenvalue weighted by molar-refractivity contribution is 7.99. The first-order valence-electron chi connectivity index (χ1n) is 18.3. The Labute approximate surface area is 320 Å². The van der Waals surface area contributed by atoms with Gasteiger partial charge in [-0.15, -0.1) is 0 Å². The van der Waals surface area contributed by atoms with Crippen LogP contribution in [0.15, 0.2) is 52.3 Å². The molecule has 2 aliphatic heterocycles. The molecule has 294 valence electrons. The minimum atomic E-state index is -0.193. The van der Waals surface area contributed by atoms with Crippen molar-refractivity contribution in [3.63, 3.8) is 0 Å². The van der Waals surface area contributed by atoms with Crippen molar-refractivity contribution < 1.29 is 42.6 Å². The summed E-state index contributed by atoms with van der Waals surface area (Å²) in [6.45, 7) is 12.3. The third kappa shape index (κ3) is 15.3. The van der Waals surface area contributed by atoms with Crippen molar-refractivity contribution in [3.05, 3.63) is 47.5 Å². The van der Waals surface area contributed by atoms with Crippen LogP contribution in [-0.2, 0) is 42.6 Å². The minimum Gasteiger partial charge on any atom is -0.382 e. The zero-order valence-corrected chi connectivity index (χ0v) is 33.1. The van der Waals surface area contributed by atoms with E-state index in [1.807, 2.05) is 17.8 Å². The van der Waals surface area contributed by atoms with E-state index in [2.05, 4.69) is 51.1 Å². The number of para-hydroxylation sites is 1. The minimum absolute atomic E-state index is 0.0175. The van der Waals surface area contributed by atoms with Crippen molar-refractivity contribution in [2.24, 2.45) is 0 Å². The normalized spacial score (nSPS) is 16.8. The van der Waals surface area contributed by atoms with E-state index in [1.54, 1.807) is 28.4 Å². The fourth-order valence-electron chi connectivity index (χ4n) is 6.00. The van der Waals surface area contributed by atoms with E-state index < -0.39 is 0 Å². The maximum absolute atomic E-state index is 6.41. The number of anilines is 2. The van der Waals surface area contributed by atoms with E-state index in [-0.39, 0.29) is 18.3 Å². The zero-order valence-electron chi connectivity index (χ0n) is 31.5. The van der Waals surface area contributed by atoms with Gasteiger partial charge < -0.3 is 52.4 Å². The molecule has 0 bridgehead atoms. The van der Waals surface area contributed by atoms with Crippen molar-refractivity contribution >= 4 is 34.7 Å². The van der Waals surface area contributed by atoms with Gasteiger partial charge in [-0.05, 0) is 43.3 Å². The molecule has 0 N–H and O–H groups in total. The van der Waals surface area contributed by atoms with Crippen LogP contribution in [0.4, 0.5) is 11.4 Å². The number of methoxy groups -OCH3 is 4. The second kappa shape index (κ2) is 25.5. The van der Waals surface area contributed by atoms with Crippen LogP contribution in [-0.4, -0.2) is 175 Å². The molecule has 0 saturated carbocycles. The van der Waals surface area contributed by atoms with E-state index in [0.717, 1.165) is 57.3 Å². The molecule has 0 amide bonds. The average molecular weight is 770 g/mol. The smallest absolute Gasteiger partial charge is 0.104 e. The lowest BCUT2D eigenvalue weighted by molar-refractivity contribution is -0.0897. The Balaban J connectivity index is 1.05. The third-order valence-corrected chi connectivity index (χ3v) is 10.4. The number of halogens is 1. The molecule has 2 heterocycles. The Kier molecular flexibility index (Phi) is 21.2. The van der Waals surface area contributed by atoms with Gasteiger partial charge in [-0.25, -0.2) is 0 Å². The van der Waals surface area contributed by atoms with Crippen molar-refractivity contribution in [2.75, 3.05) is 152 Å². The van der Waals surface area contributed by atoms with Crippen LogP contribution in [0.25, 0.3) is 0 Å². The van der Waals surface area contributed by atoms with Gasteiger partial charge in [0.2, 0.25) is 0 Å². The summed E-state index contributed by atoms with van der Waals surface area (Å²) in [5.74, 6) is 0. The number of rotatable bonds is 28. The summed E-state index contributed by atoms with van der Waals surface area (Å²) in [6, 6.07) is 14.9. The maximum Gasteiger partial charge on any atom is 0.104 e. The first kappa shape index (κ1) is 43.2. The number of benzene rings is 2. The predicted octanol–water partition coefficient (Wildman–Crippen LogP) is 4.72. The van der Waals surface area contributed by atoms with Gasteiger partial charge in [0, 0.05) is 82.5 Å². The first-order valence-corrected chi connectivity index (χ1v) is 19.5. The number of hydrogen-bond donors (Lipinski definition) is 0. The van der Waals surface area contributed by atoms with Gasteiger partial charge in [0.15, 0.2) is 0 Å². The fraction of sp³-hybridized carbons (Fsp3) is 0.684. The van der Waals surface area contributed by atoms with Crippen LogP contribution in [0.1, 0.15) is 6.42 Å². The standard InChI is InChI=1S/C38H60ClN3O9S/c1-43-18-19-47-20-21-48-22-23-49-27-33(45-3)28-51-30-34(46-4)29-50-26-32(44-2)25-41-16-14-40(15-17-41)12-7-13-42-35-8-5-6-9-37(35)52-38-11-10-31(39)24-36(38)42/h5-6,8-11,24,32-34H,7,12-23,25-30H2,1-4H3. The van der Waals surface area contributed by atoms with Gasteiger partial charge in [-0.2, -0.15) is 0 Å². The highest BCUT2D eigenvalue weighted by Crippen LogP contribution is 2.48. The summed E-state index contributed by atoms with van der Waals surface area (Å²) >= 11 is 8.23. The summed E-state index contributed by atoms with van der Waals surface area (Å²) in [6.07, 6.45) is 0.682. The molecule has 3 unspecified atom stereocenters. The molecule has 0 spiro atoms. The van der Waals surface area contributed by atoms with Crippen LogP contribution < -0.4 is 4.90 Å². The second-order valence-corrected chi connectivity index (χ2v) is 14.3. The molecule has 0 radical (unpaired) electrons. The van der Waals surface area contributed by atoms with Crippen molar-refractivity contribution in [1.82, 2.24) is 9.80 Å². The molecule has 2 aromatic carbocycles. The van der Waals surface area contributed by atoms with Gasteiger partial charge in [0.25, 0.3) is 0 Å². The van der Waals surface area contributed by atoms with Crippen LogP contribution >= 0.6 is 23.4 Å². The molecule has 12 nitrogen and oxygen atoms in total. The van der Waals surface area contributed by atoms with E-state index in [1.165, 1.54) is 21.2 Å². The number of hydrogen-bond acceptors (Lipinski definition) is 13. The van der Waals surface area contributed by atoms with E-state index >= 15 is 0 Å². The summed E-state index contributed by atoms with van der Waals surface area (Å²) in [7, 11) is 6.72. The predicted molar refractivity (Wildman–Crippen MR) is 205 cm³/mol. The second-order valence-electron chi connectivity index (χ2n) is 12.8. The Morgan fingerprint density at radius 2 is 1.15 bits per heavy atom. The molecule has 3 atom stereocenters. The Bertz CT molecular complexity index is 1250. The number of fused-ring (bicyclic) bond motifs is 2. The molecule has 0 aliphatic carbocycles. The highest BCUT2D eigenvalue weighted by atomic mass is 35.5. The van der Waals surface area contributed by atoms with Gasteiger partial charge in [-0.1, -0.05) is 35.5 Å². The third-order valence-electron chi connectivity index (χ3n) is 9.07. The lowest BCUT2D eigenvalue weighted by Gasteiger charge is -2.37. The topological polar surface area (TPSA) is 92.8 Å². The Morgan fingerprint density at radius 1 is 0.596 bits per heavy atom. The number of piperazine rings is 1.